The number of unbranched alkanes of at least 4 members (excludes halogenated alkanes) is 7. The fourth-order valence-corrected chi connectivity index (χ4v) is 2.41. The Hall–Kier alpha value is -0.340. The lowest BCUT2D eigenvalue weighted by atomic mass is 9.99. The van der Waals surface area contributed by atoms with Gasteiger partial charge in [0, 0.05) is 13.7 Å². The van der Waals surface area contributed by atoms with Gasteiger partial charge in [-0.2, -0.15) is 0 Å². The molecule has 0 aliphatic rings. The first-order valence-corrected chi connectivity index (χ1v) is 8.79. The maximum atomic E-state index is 5.98. The number of methoxy groups -OCH3 is 1. The summed E-state index contributed by atoms with van der Waals surface area (Å²) < 4.78 is 11.2. The van der Waals surface area contributed by atoms with E-state index in [-0.39, 0.29) is 5.60 Å². The molecular formula is C19H38O2. The fraction of sp³-hybridized carbons (Fsp3) is 0.895. The van der Waals surface area contributed by atoms with Crippen molar-refractivity contribution in [3.8, 4) is 0 Å². The highest BCUT2D eigenvalue weighted by Crippen LogP contribution is 2.20. The van der Waals surface area contributed by atoms with Crippen LogP contribution in [0.3, 0.4) is 0 Å². The second kappa shape index (κ2) is 13.3. The maximum Gasteiger partial charge on any atom is 0.0626 e. The van der Waals surface area contributed by atoms with Gasteiger partial charge in [0.2, 0.25) is 0 Å². The summed E-state index contributed by atoms with van der Waals surface area (Å²) in [5.41, 5.74) is 0.0113. The summed E-state index contributed by atoms with van der Waals surface area (Å²) in [6.07, 6.45) is 15.0. The zero-order chi connectivity index (χ0) is 16.0. The predicted molar refractivity (Wildman–Crippen MR) is 92.9 cm³/mol. The Bertz CT molecular complexity index is 236. The first-order chi connectivity index (χ1) is 10.0. The number of hydrogen-bond donors (Lipinski definition) is 0. The average Bonchev–Trinajstić information content (AvgIpc) is 2.45. The highest BCUT2D eigenvalue weighted by Gasteiger charge is 2.17. The van der Waals surface area contributed by atoms with Gasteiger partial charge in [0.05, 0.1) is 11.7 Å². The summed E-state index contributed by atoms with van der Waals surface area (Å²) in [6, 6.07) is 0. The molecule has 0 rings (SSSR count). The lowest BCUT2D eigenvalue weighted by molar-refractivity contribution is -0.0399. The molecule has 126 valence electrons. The van der Waals surface area contributed by atoms with Crippen LogP contribution < -0.4 is 0 Å². The van der Waals surface area contributed by atoms with Crippen molar-refractivity contribution in [2.24, 2.45) is 0 Å². The van der Waals surface area contributed by atoms with E-state index in [1.54, 1.807) is 7.11 Å². The Morgan fingerprint density at radius 2 is 1.57 bits per heavy atom. The van der Waals surface area contributed by atoms with Crippen molar-refractivity contribution < 1.29 is 9.47 Å². The van der Waals surface area contributed by atoms with Crippen LogP contribution in [0.4, 0.5) is 0 Å². The molecule has 2 heteroatoms. The molecule has 2 nitrogen and oxygen atoms in total. The maximum absolute atomic E-state index is 5.98. The normalized spacial score (nSPS) is 13.3. The van der Waals surface area contributed by atoms with Crippen LogP contribution in [0.25, 0.3) is 0 Å². The Morgan fingerprint density at radius 1 is 1.00 bits per heavy atom. The largest absolute Gasteiger partial charge is 0.382 e. The van der Waals surface area contributed by atoms with E-state index >= 15 is 0 Å². The zero-order valence-corrected chi connectivity index (χ0v) is 15.0. The highest BCUT2D eigenvalue weighted by atomic mass is 16.5. The van der Waals surface area contributed by atoms with Crippen molar-refractivity contribution >= 4 is 0 Å². The molecule has 0 aliphatic heterocycles. The summed E-state index contributed by atoms with van der Waals surface area (Å²) >= 11 is 0. The molecule has 1 atom stereocenters. The molecule has 0 aromatic carbocycles. The Labute approximate surface area is 133 Å². The molecule has 21 heavy (non-hydrogen) atoms. The SMILES string of the molecule is C=CCCCCCCCCCC(C)(C)OCCC(C)OC. The highest BCUT2D eigenvalue weighted by molar-refractivity contribution is 4.69. The number of allylic oxidation sites excluding steroid dienone is 1. The molecule has 0 saturated carbocycles. The van der Waals surface area contributed by atoms with Crippen molar-refractivity contribution in [1.29, 1.82) is 0 Å². The fourth-order valence-electron chi connectivity index (χ4n) is 2.41. The zero-order valence-electron chi connectivity index (χ0n) is 15.0. The van der Waals surface area contributed by atoms with Crippen molar-refractivity contribution in [1.82, 2.24) is 0 Å². The lowest BCUT2D eigenvalue weighted by Gasteiger charge is -2.26. The minimum absolute atomic E-state index is 0.0113. The van der Waals surface area contributed by atoms with E-state index in [1.807, 2.05) is 6.08 Å². The molecule has 0 radical (unpaired) electrons. The van der Waals surface area contributed by atoms with Crippen LogP contribution in [0.2, 0.25) is 0 Å². The van der Waals surface area contributed by atoms with Gasteiger partial charge in [0.1, 0.15) is 0 Å². The third kappa shape index (κ3) is 14.4. The van der Waals surface area contributed by atoms with Crippen LogP contribution in [0.5, 0.6) is 0 Å². The second-order valence-corrected chi connectivity index (χ2v) is 6.75. The summed E-state index contributed by atoms with van der Waals surface area (Å²) in [7, 11) is 1.76. The van der Waals surface area contributed by atoms with Crippen LogP contribution in [0.1, 0.15) is 85.0 Å². The van der Waals surface area contributed by atoms with Gasteiger partial charge >= 0.3 is 0 Å². The summed E-state index contributed by atoms with van der Waals surface area (Å²) in [6.45, 7) is 11.1. The number of rotatable bonds is 15. The van der Waals surface area contributed by atoms with Crippen LogP contribution in [-0.4, -0.2) is 25.4 Å². The van der Waals surface area contributed by atoms with Gasteiger partial charge in [0.25, 0.3) is 0 Å². The predicted octanol–water partition coefficient (Wildman–Crippen LogP) is 5.90. The van der Waals surface area contributed by atoms with E-state index < -0.39 is 0 Å². The van der Waals surface area contributed by atoms with E-state index in [1.165, 1.54) is 51.4 Å². The Kier molecular flexibility index (Phi) is 13.1. The standard InChI is InChI=1S/C19H38O2/c1-6-7-8-9-10-11-12-13-14-16-19(3,4)21-17-15-18(2)20-5/h6,18H,1,7-17H2,2-5H3. The Morgan fingerprint density at radius 3 is 2.14 bits per heavy atom. The summed E-state index contributed by atoms with van der Waals surface area (Å²) in [5, 5.41) is 0. The molecule has 0 aromatic heterocycles. The minimum Gasteiger partial charge on any atom is -0.382 e. The van der Waals surface area contributed by atoms with Crippen molar-refractivity contribution in [3.63, 3.8) is 0 Å². The van der Waals surface area contributed by atoms with E-state index in [0.717, 1.165) is 19.4 Å². The molecule has 0 bridgehead atoms. The van der Waals surface area contributed by atoms with Gasteiger partial charge in [-0.1, -0.05) is 44.6 Å². The van der Waals surface area contributed by atoms with E-state index in [0.29, 0.717) is 6.10 Å². The van der Waals surface area contributed by atoms with E-state index in [2.05, 4.69) is 27.4 Å². The molecule has 0 aliphatic carbocycles. The van der Waals surface area contributed by atoms with Gasteiger partial charge in [-0.05, 0) is 46.5 Å². The van der Waals surface area contributed by atoms with Crippen molar-refractivity contribution in [2.75, 3.05) is 13.7 Å². The smallest absolute Gasteiger partial charge is 0.0626 e. The minimum atomic E-state index is 0.0113. The van der Waals surface area contributed by atoms with Gasteiger partial charge in [-0.25, -0.2) is 0 Å². The summed E-state index contributed by atoms with van der Waals surface area (Å²) in [4.78, 5) is 0. The molecular weight excluding hydrogens is 260 g/mol. The lowest BCUT2D eigenvalue weighted by Crippen LogP contribution is -2.26. The molecule has 0 spiro atoms. The molecule has 1 unspecified atom stereocenters. The topological polar surface area (TPSA) is 18.5 Å². The molecule has 0 N–H and O–H groups in total. The van der Waals surface area contributed by atoms with Crippen LogP contribution in [0, 0.1) is 0 Å². The summed E-state index contributed by atoms with van der Waals surface area (Å²) in [5.74, 6) is 0. The van der Waals surface area contributed by atoms with Crippen LogP contribution in [-0.2, 0) is 9.47 Å². The monoisotopic (exact) mass is 298 g/mol. The van der Waals surface area contributed by atoms with Gasteiger partial charge in [-0.3, -0.25) is 0 Å². The van der Waals surface area contributed by atoms with Gasteiger partial charge in [-0.15, -0.1) is 6.58 Å². The average molecular weight is 299 g/mol. The third-order valence-electron chi connectivity index (χ3n) is 4.11. The molecule has 0 amide bonds. The van der Waals surface area contributed by atoms with Gasteiger partial charge < -0.3 is 9.47 Å². The first-order valence-electron chi connectivity index (χ1n) is 8.79. The first kappa shape index (κ1) is 20.7. The third-order valence-corrected chi connectivity index (χ3v) is 4.11. The van der Waals surface area contributed by atoms with Gasteiger partial charge in [0.15, 0.2) is 0 Å². The number of ether oxygens (including phenoxy) is 2. The number of hydrogen-bond acceptors (Lipinski definition) is 2. The van der Waals surface area contributed by atoms with E-state index in [9.17, 15) is 0 Å². The van der Waals surface area contributed by atoms with E-state index in [4.69, 9.17) is 9.47 Å². The quantitative estimate of drug-likeness (QED) is 0.277. The van der Waals surface area contributed by atoms with Crippen molar-refractivity contribution in [2.45, 2.75) is 96.7 Å². The molecule has 0 heterocycles. The second-order valence-electron chi connectivity index (χ2n) is 6.75. The van der Waals surface area contributed by atoms with Crippen molar-refractivity contribution in [3.05, 3.63) is 12.7 Å². The molecule has 0 fully saturated rings. The van der Waals surface area contributed by atoms with Crippen LogP contribution in [0.15, 0.2) is 12.7 Å². The van der Waals surface area contributed by atoms with Crippen LogP contribution >= 0.6 is 0 Å². The molecule has 0 aromatic rings. The Balaban J connectivity index is 3.41. The molecule has 0 saturated heterocycles.